The summed E-state index contributed by atoms with van der Waals surface area (Å²) in [6.07, 6.45) is 0.968. The van der Waals surface area contributed by atoms with Gasteiger partial charge in [-0.25, -0.2) is 17.5 Å². The molecule has 0 unspecified atom stereocenters. The number of hydrogen-bond donors (Lipinski definition) is 3. The highest BCUT2D eigenvalue weighted by Crippen LogP contribution is 2.38. The number of aromatic amines is 1. The molecule has 9 nitrogen and oxygen atoms in total. The maximum Gasteiger partial charge on any atom is 0.490 e. The molecule has 14 heteroatoms. The fourth-order valence-corrected chi connectivity index (χ4v) is 7.39. The Balaban J connectivity index is 0.000000493. The van der Waals surface area contributed by atoms with Gasteiger partial charge in [0.1, 0.15) is 0 Å². The average Bonchev–Trinajstić information content (AvgIpc) is 3.70. The van der Waals surface area contributed by atoms with Crippen LogP contribution in [0.25, 0.3) is 21.3 Å². The van der Waals surface area contributed by atoms with E-state index < -0.39 is 28.1 Å². The Labute approximate surface area is 240 Å². The van der Waals surface area contributed by atoms with Gasteiger partial charge in [0, 0.05) is 36.1 Å². The summed E-state index contributed by atoms with van der Waals surface area (Å²) in [5.74, 6) is -2.83. The number of hydrogen-bond acceptors (Lipinski definition) is 6. The zero-order valence-corrected chi connectivity index (χ0v) is 24.2. The molecular weight excluding hydrogens is 581 g/mol. The number of amides is 1. The molecular formula is C27H33F3N4O5S2. The van der Waals surface area contributed by atoms with E-state index in [1.54, 1.807) is 22.6 Å². The molecule has 1 amide bonds. The predicted octanol–water partition coefficient (Wildman–Crippen LogP) is 4.75. The van der Waals surface area contributed by atoms with Crippen molar-refractivity contribution in [1.82, 2.24) is 14.2 Å². The van der Waals surface area contributed by atoms with Gasteiger partial charge in [-0.1, -0.05) is 0 Å². The van der Waals surface area contributed by atoms with Crippen molar-refractivity contribution in [3.05, 3.63) is 46.5 Å². The number of aromatic nitrogens is 1. The van der Waals surface area contributed by atoms with Gasteiger partial charge in [0.2, 0.25) is 10.0 Å². The fourth-order valence-electron chi connectivity index (χ4n) is 5.36. The van der Waals surface area contributed by atoms with Crippen LogP contribution < -0.4 is 5.73 Å². The number of carboxylic acid groups (broad SMARTS) is 1. The van der Waals surface area contributed by atoms with Crippen LogP contribution in [0, 0.1) is 0 Å². The number of nitrogens with one attached hydrogen (secondary N) is 1. The smallest absolute Gasteiger partial charge is 0.475 e. The maximum atomic E-state index is 12.3. The van der Waals surface area contributed by atoms with Gasteiger partial charge in [0.25, 0.3) is 5.91 Å². The monoisotopic (exact) mass is 614 g/mol. The second-order valence-corrected chi connectivity index (χ2v) is 13.4. The summed E-state index contributed by atoms with van der Waals surface area (Å²) in [6.45, 7) is 6.04. The highest BCUT2D eigenvalue weighted by Gasteiger charge is 2.38. The number of piperidine rings is 1. The summed E-state index contributed by atoms with van der Waals surface area (Å²) < 4.78 is 57.9. The normalized spacial score (nSPS) is 17.5. The van der Waals surface area contributed by atoms with E-state index in [4.69, 9.17) is 15.6 Å². The van der Waals surface area contributed by atoms with Gasteiger partial charge >= 0.3 is 12.1 Å². The molecule has 0 spiro atoms. The third-order valence-corrected chi connectivity index (χ3v) is 10.4. The van der Waals surface area contributed by atoms with Gasteiger partial charge in [0.15, 0.2) is 0 Å². The van der Waals surface area contributed by atoms with E-state index in [1.807, 2.05) is 12.3 Å². The van der Waals surface area contributed by atoms with Gasteiger partial charge < -0.3 is 15.8 Å². The molecule has 0 atom stereocenters. The first-order valence-corrected chi connectivity index (χ1v) is 15.8. The molecule has 41 heavy (non-hydrogen) atoms. The highest BCUT2D eigenvalue weighted by atomic mass is 32.2. The number of benzene rings is 1. The number of carbonyl (C=O) groups is 2. The number of alkyl halides is 3. The lowest BCUT2D eigenvalue weighted by Crippen LogP contribution is -2.38. The molecule has 5 rings (SSSR count). The zero-order valence-electron chi connectivity index (χ0n) is 22.5. The van der Waals surface area contributed by atoms with E-state index >= 15 is 0 Å². The lowest BCUT2D eigenvalue weighted by molar-refractivity contribution is -0.192. The molecule has 2 aliphatic rings. The van der Waals surface area contributed by atoms with Crippen LogP contribution in [0.3, 0.4) is 0 Å². The Morgan fingerprint density at radius 3 is 2.32 bits per heavy atom. The standard InChI is InChI=1S/C25H32N4O3S2.C2HF3O2/c1-2-34(31,32)29-9-5-18(6-10-29)22-14-27-24-20(22)12-19(13-21(24)25(26)30)23-11-17(16-33-23)15-28-7-3-4-8-28;3-2(4,5)1(6)7/h11-14,16,18,27H,2-10,15H2,1H3,(H2,26,30);(H,6,7). The fraction of sp³-hybridized carbons (Fsp3) is 0.481. The number of rotatable bonds is 7. The van der Waals surface area contributed by atoms with E-state index in [2.05, 4.69) is 27.4 Å². The van der Waals surface area contributed by atoms with Crippen LogP contribution in [0.4, 0.5) is 13.2 Å². The van der Waals surface area contributed by atoms with E-state index in [0.717, 1.165) is 59.4 Å². The van der Waals surface area contributed by atoms with Gasteiger partial charge in [0.05, 0.1) is 16.8 Å². The molecule has 224 valence electrons. The van der Waals surface area contributed by atoms with E-state index in [1.165, 1.54) is 18.4 Å². The average molecular weight is 615 g/mol. The number of nitrogens with zero attached hydrogens (tertiary/aromatic N) is 2. The van der Waals surface area contributed by atoms with Crippen molar-refractivity contribution in [2.75, 3.05) is 31.9 Å². The molecule has 1 aromatic carbocycles. The van der Waals surface area contributed by atoms with Crippen LogP contribution in [0.1, 0.15) is 60.0 Å². The third kappa shape index (κ3) is 7.29. The second-order valence-electron chi connectivity index (χ2n) is 10.2. The maximum absolute atomic E-state index is 12.3. The van der Waals surface area contributed by atoms with Crippen molar-refractivity contribution in [2.45, 2.75) is 51.2 Å². The molecule has 0 saturated carbocycles. The van der Waals surface area contributed by atoms with Crippen molar-refractivity contribution in [3.8, 4) is 10.4 Å². The lowest BCUT2D eigenvalue weighted by atomic mass is 9.89. The largest absolute Gasteiger partial charge is 0.490 e. The first-order valence-electron chi connectivity index (χ1n) is 13.3. The third-order valence-electron chi connectivity index (χ3n) is 7.52. The molecule has 2 aliphatic heterocycles. The SMILES string of the molecule is CCS(=O)(=O)N1CCC(c2c[nH]c3c(C(N)=O)cc(-c4cc(CN5CCCC5)cs4)cc23)CC1.O=C(O)C(F)(F)F. The van der Waals surface area contributed by atoms with Crippen LogP contribution in [0.5, 0.6) is 0 Å². The van der Waals surface area contributed by atoms with Crippen molar-refractivity contribution in [2.24, 2.45) is 5.73 Å². The van der Waals surface area contributed by atoms with Crippen molar-refractivity contribution >= 4 is 44.1 Å². The Kier molecular flexibility index (Phi) is 9.46. The summed E-state index contributed by atoms with van der Waals surface area (Å²) in [4.78, 5) is 28.1. The van der Waals surface area contributed by atoms with Gasteiger partial charge in [-0.15, -0.1) is 11.3 Å². The minimum Gasteiger partial charge on any atom is -0.475 e. The number of primary amides is 1. The number of carboxylic acids is 1. The van der Waals surface area contributed by atoms with Crippen molar-refractivity contribution in [1.29, 1.82) is 0 Å². The van der Waals surface area contributed by atoms with Crippen LogP contribution in [-0.2, 0) is 21.4 Å². The van der Waals surface area contributed by atoms with E-state index in [-0.39, 0.29) is 11.7 Å². The molecule has 2 aromatic heterocycles. The molecule has 0 aliphatic carbocycles. The molecule has 4 heterocycles. The van der Waals surface area contributed by atoms with Crippen molar-refractivity contribution < 1.29 is 36.3 Å². The Morgan fingerprint density at radius 1 is 1.12 bits per heavy atom. The Morgan fingerprint density at radius 2 is 1.76 bits per heavy atom. The number of carbonyl (C=O) groups excluding carboxylic acids is 1. The molecule has 2 fully saturated rings. The van der Waals surface area contributed by atoms with Crippen LogP contribution in [0.15, 0.2) is 29.8 Å². The first kappa shape index (κ1) is 31.0. The number of H-pyrrole nitrogens is 1. The number of likely N-dealkylation sites (tertiary alicyclic amines) is 1. The number of sulfonamides is 1. The molecule has 0 bridgehead atoms. The topological polar surface area (TPSA) is 137 Å². The van der Waals surface area contributed by atoms with Gasteiger partial charge in [-0.2, -0.15) is 13.2 Å². The van der Waals surface area contributed by atoms with Crippen molar-refractivity contribution in [3.63, 3.8) is 0 Å². The minimum atomic E-state index is -5.08. The summed E-state index contributed by atoms with van der Waals surface area (Å²) in [5.41, 5.74) is 10.5. The summed E-state index contributed by atoms with van der Waals surface area (Å²) >= 11 is 1.70. The molecule has 3 aromatic rings. The zero-order chi connectivity index (χ0) is 29.9. The number of fused-ring (bicyclic) bond motifs is 1. The first-order chi connectivity index (χ1) is 19.3. The van der Waals surface area contributed by atoms with E-state index in [9.17, 15) is 26.4 Å². The van der Waals surface area contributed by atoms with E-state index in [0.29, 0.717) is 18.7 Å². The van der Waals surface area contributed by atoms with Crippen LogP contribution in [0.2, 0.25) is 0 Å². The summed E-state index contributed by atoms with van der Waals surface area (Å²) in [7, 11) is -3.16. The summed E-state index contributed by atoms with van der Waals surface area (Å²) in [6, 6.07) is 6.29. The van der Waals surface area contributed by atoms with Crippen LogP contribution >= 0.6 is 11.3 Å². The van der Waals surface area contributed by atoms with Crippen LogP contribution in [-0.4, -0.2) is 77.7 Å². The summed E-state index contributed by atoms with van der Waals surface area (Å²) in [5, 5.41) is 10.3. The number of halogens is 3. The second kappa shape index (κ2) is 12.5. The molecule has 4 N–H and O–H groups in total. The van der Waals surface area contributed by atoms with Gasteiger partial charge in [-0.3, -0.25) is 9.69 Å². The number of aliphatic carboxylic acids is 1. The Hall–Kier alpha value is -2.94. The number of thiophene rings is 1. The Bertz CT molecular complexity index is 1500. The quantitative estimate of drug-likeness (QED) is 0.351. The lowest BCUT2D eigenvalue weighted by Gasteiger charge is -2.31. The molecule has 2 saturated heterocycles. The highest BCUT2D eigenvalue weighted by molar-refractivity contribution is 7.89. The molecule has 0 radical (unpaired) electrons. The minimum absolute atomic E-state index is 0.136. The number of nitrogens with two attached hydrogens (primary N) is 1. The predicted molar refractivity (Wildman–Crippen MR) is 151 cm³/mol. The van der Waals surface area contributed by atoms with Gasteiger partial charge in [-0.05, 0) is 91.9 Å².